The van der Waals surface area contributed by atoms with E-state index in [1.165, 1.54) is 0 Å². The number of carbonyl (C=O) groups excluding carboxylic acids is 1. The fraction of sp³-hybridized carbons (Fsp3) is 0.533. The molecule has 0 unspecified atom stereocenters. The largest absolute Gasteiger partial charge is 0.399 e. The Morgan fingerprint density at radius 1 is 1.37 bits per heavy atom. The van der Waals surface area contributed by atoms with E-state index >= 15 is 0 Å². The Bertz CT molecular complexity index is 432. The number of amides is 1. The number of hydrogen-bond acceptors (Lipinski definition) is 2. The Hall–Kier alpha value is -1.22. The number of nitrogens with zero attached hydrogens (tertiary/aromatic N) is 1. The Kier molecular flexibility index (Phi) is 6.16. The van der Waals surface area contributed by atoms with Gasteiger partial charge in [-0.1, -0.05) is 31.4 Å². The second kappa shape index (κ2) is 7.39. The van der Waals surface area contributed by atoms with E-state index in [1.54, 1.807) is 18.2 Å². The zero-order valence-electron chi connectivity index (χ0n) is 11.9. The SMILES string of the molecule is CCCCCN(C(=O)c1cc(N)ccc1Cl)C(C)C. The van der Waals surface area contributed by atoms with E-state index in [4.69, 9.17) is 17.3 Å². The average molecular weight is 283 g/mol. The van der Waals surface area contributed by atoms with Crippen molar-refractivity contribution in [2.45, 2.75) is 46.1 Å². The third kappa shape index (κ3) is 4.43. The van der Waals surface area contributed by atoms with Gasteiger partial charge in [0.2, 0.25) is 0 Å². The Morgan fingerprint density at radius 3 is 2.63 bits per heavy atom. The maximum atomic E-state index is 12.5. The van der Waals surface area contributed by atoms with E-state index < -0.39 is 0 Å². The highest BCUT2D eigenvalue weighted by Gasteiger charge is 2.20. The lowest BCUT2D eigenvalue weighted by molar-refractivity contribution is 0.0702. The highest BCUT2D eigenvalue weighted by atomic mass is 35.5. The predicted molar refractivity (Wildman–Crippen MR) is 81.6 cm³/mol. The van der Waals surface area contributed by atoms with Gasteiger partial charge in [0.1, 0.15) is 0 Å². The van der Waals surface area contributed by atoms with Crippen LogP contribution >= 0.6 is 11.6 Å². The lowest BCUT2D eigenvalue weighted by Gasteiger charge is -2.27. The molecular weight excluding hydrogens is 260 g/mol. The molecule has 0 aliphatic carbocycles. The minimum atomic E-state index is -0.0385. The van der Waals surface area contributed by atoms with Gasteiger partial charge in [0.25, 0.3) is 5.91 Å². The molecule has 1 aromatic carbocycles. The summed E-state index contributed by atoms with van der Waals surface area (Å²) in [6.45, 7) is 6.94. The van der Waals surface area contributed by atoms with Crippen molar-refractivity contribution in [1.29, 1.82) is 0 Å². The first kappa shape index (κ1) is 15.8. The first-order valence-electron chi connectivity index (χ1n) is 6.83. The molecule has 106 valence electrons. The molecular formula is C15H23ClN2O. The lowest BCUT2D eigenvalue weighted by atomic mass is 10.1. The molecule has 19 heavy (non-hydrogen) atoms. The van der Waals surface area contributed by atoms with Crippen LogP contribution in [-0.2, 0) is 0 Å². The average Bonchev–Trinajstić information content (AvgIpc) is 2.36. The van der Waals surface area contributed by atoms with Gasteiger partial charge in [-0.15, -0.1) is 0 Å². The van der Waals surface area contributed by atoms with Crippen molar-refractivity contribution in [1.82, 2.24) is 4.90 Å². The first-order valence-corrected chi connectivity index (χ1v) is 7.21. The Labute approximate surface area is 120 Å². The van der Waals surface area contributed by atoms with E-state index in [0.29, 0.717) is 16.3 Å². The highest BCUT2D eigenvalue weighted by molar-refractivity contribution is 6.34. The summed E-state index contributed by atoms with van der Waals surface area (Å²) in [5.41, 5.74) is 6.79. The van der Waals surface area contributed by atoms with Crippen LogP contribution in [0.25, 0.3) is 0 Å². The first-order chi connectivity index (χ1) is 8.97. The molecule has 1 amide bonds. The van der Waals surface area contributed by atoms with Crippen LogP contribution in [0.5, 0.6) is 0 Å². The third-order valence-electron chi connectivity index (χ3n) is 3.11. The van der Waals surface area contributed by atoms with Crippen molar-refractivity contribution in [3.8, 4) is 0 Å². The molecule has 0 radical (unpaired) electrons. The van der Waals surface area contributed by atoms with E-state index in [-0.39, 0.29) is 11.9 Å². The molecule has 0 aromatic heterocycles. The molecule has 0 bridgehead atoms. The van der Waals surface area contributed by atoms with Crippen molar-refractivity contribution < 1.29 is 4.79 Å². The van der Waals surface area contributed by atoms with Crippen LogP contribution in [-0.4, -0.2) is 23.4 Å². The minimum absolute atomic E-state index is 0.0385. The number of carbonyl (C=O) groups is 1. The normalized spacial score (nSPS) is 10.8. The molecule has 1 rings (SSSR count). The zero-order chi connectivity index (χ0) is 14.4. The van der Waals surface area contributed by atoms with Crippen LogP contribution in [0.3, 0.4) is 0 Å². The van der Waals surface area contributed by atoms with Crippen molar-refractivity contribution >= 4 is 23.2 Å². The van der Waals surface area contributed by atoms with Gasteiger partial charge in [0, 0.05) is 18.3 Å². The number of anilines is 1. The molecule has 0 aliphatic heterocycles. The van der Waals surface area contributed by atoms with Gasteiger partial charge in [-0.3, -0.25) is 4.79 Å². The van der Waals surface area contributed by atoms with Crippen LogP contribution in [0.2, 0.25) is 5.02 Å². The molecule has 0 atom stereocenters. The number of nitrogen functional groups attached to an aromatic ring is 1. The highest BCUT2D eigenvalue weighted by Crippen LogP contribution is 2.21. The van der Waals surface area contributed by atoms with Crippen molar-refractivity contribution in [2.75, 3.05) is 12.3 Å². The quantitative estimate of drug-likeness (QED) is 0.634. The van der Waals surface area contributed by atoms with Gasteiger partial charge in [0.15, 0.2) is 0 Å². The molecule has 0 heterocycles. The van der Waals surface area contributed by atoms with Crippen LogP contribution in [0.4, 0.5) is 5.69 Å². The minimum Gasteiger partial charge on any atom is -0.399 e. The van der Waals surface area contributed by atoms with Crippen LogP contribution in [0.15, 0.2) is 18.2 Å². The second-order valence-corrected chi connectivity index (χ2v) is 5.45. The molecule has 0 spiro atoms. The summed E-state index contributed by atoms with van der Waals surface area (Å²) in [5.74, 6) is -0.0385. The second-order valence-electron chi connectivity index (χ2n) is 5.04. The molecule has 1 aromatic rings. The number of unbranched alkanes of at least 4 members (excludes halogenated alkanes) is 2. The topological polar surface area (TPSA) is 46.3 Å². The van der Waals surface area contributed by atoms with E-state index in [2.05, 4.69) is 6.92 Å². The summed E-state index contributed by atoms with van der Waals surface area (Å²) in [5, 5.41) is 0.459. The molecule has 2 N–H and O–H groups in total. The van der Waals surface area contributed by atoms with Crippen molar-refractivity contribution in [2.24, 2.45) is 0 Å². The number of benzene rings is 1. The number of rotatable bonds is 6. The van der Waals surface area contributed by atoms with Gasteiger partial charge >= 0.3 is 0 Å². The molecule has 4 heteroatoms. The molecule has 0 fully saturated rings. The molecule has 0 saturated heterocycles. The van der Waals surface area contributed by atoms with Gasteiger partial charge in [0.05, 0.1) is 10.6 Å². The Morgan fingerprint density at radius 2 is 2.05 bits per heavy atom. The third-order valence-corrected chi connectivity index (χ3v) is 3.44. The smallest absolute Gasteiger partial charge is 0.255 e. The lowest BCUT2D eigenvalue weighted by Crippen LogP contribution is -2.37. The molecule has 0 saturated carbocycles. The van der Waals surface area contributed by atoms with Gasteiger partial charge in [-0.05, 0) is 38.5 Å². The summed E-state index contributed by atoms with van der Waals surface area (Å²) >= 11 is 6.10. The van der Waals surface area contributed by atoms with Crippen LogP contribution in [0, 0.1) is 0 Å². The standard InChI is InChI=1S/C15H23ClN2O/c1-4-5-6-9-18(11(2)3)15(19)13-10-12(17)7-8-14(13)16/h7-8,10-11H,4-6,9,17H2,1-3H3. The van der Waals surface area contributed by atoms with Crippen LogP contribution in [0.1, 0.15) is 50.4 Å². The Balaban J connectivity index is 2.89. The maximum Gasteiger partial charge on any atom is 0.255 e. The summed E-state index contributed by atoms with van der Waals surface area (Å²) in [4.78, 5) is 14.4. The van der Waals surface area contributed by atoms with E-state index in [0.717, 1.165) is 25.8 Å². The number of halogens is 1. The summed E-state index contributed by atoms with van der Waals surface area (Å²) < 4.78 is 0. The van der Waals surface area contributed by atoms with Crippen LogP contribution < -0.4 is 5.73 Å². The number of nitrogens with two attached hydrogens (primary N) is 1. The monoisotopic (exact) mass is 282 g/mol. The summed E-state index contributed by atoms with van der Waals surface area (Å²) in [6, 6.07) is 5.19. The summed E-state index contributed by atoms with van der Waals surface area (Å²) in [7, 11) is 0. The fourth-order valence-electron chi connectivity index (χ4n) is 1.99. The van der Waals surface area contributed by atoms with E-state index in [1.807, 2.05) is 18.7 Å². The van der Waals surface area contributed by atoms with Crippen molar-refractivity contribution in [3.05, 3.63) is 28.8 Å². The molecule has 0 aliphatic rings. The fourth-order valence-corrected chi connectivity index (χ4v) is 2.19. The van der Waals surface area contributed by atoms with Gasteiger partial charge in [-0.2, -0.15) is 0 Å². The zero-order valence-corrected chi connectivity index (χ0v) is 12.7. The predicted octanol–water partition coefficient (Wildman–Crippen LogP) is 3.96. The molecule has 3 nitrogen and oxygen atoms in total. The van der Waals surface area contributed by atoms with E-state index in [9.17, 15) is 4.79 Å². The maximum absolute atomic E-state index is 12.5. The summed E-state index contributed by atoms with van der Waals surface area (Å²) in [6.07, 6.45) is 3.28. The van der Waals surface area contributed by atoms with Gasteiger partial charge < -0.3 is 10.6 Å². The van der Waals surface area contributed by atoms with Gasteiger partial charge in [-0.25, -0.2) is 0 Å². The van der Waals surface area contributed by atoms with Crippen molar-refractivity contribution in [3.63, 3.8) is 0 Å². The number of hydrogen-bond donors (Lipinski definition) is 1.